The number of carbonyl (C=O) groups is 1. The molecule has 0 heterocycles. The first kappa shape index (κ1) is 13.1. The summed E-state index contributed by atoms with van der Waals surface area (Å²) in [6, 6.07) is 12.4. The zero-order valence-corrected chi connectivity index (χ0v) is 10.9. The van der Waals surface area contributed by atoms with E-state index in [4.69, 9.17) is 0 Å². The first-order valence-electron chi connectivity index (χ1n) is 6.17. The van der Waals surface area contributed by atoms with Crippen LogP contribution in [0.1, 0.15) is 27.0 Å². The molecule has 2 heteroatoms. The van der Waals surface area contributed by atoms with Gasteiger partial charge in [-0.1, -0.05) is 36.4 Å². The summed E-state index contributed by atoms with van der Waals surface area (Å²) in [7, 11) is 0. The molecule has 0 fully saturated rings. The lowest BCUT2D eigenvalue weighted by atomic mass is 9.93. The number of benzene rings is 2. The molecule has 0 aliphatic heterocycles. The largest absolute Gasteiger partial charge is 0.508 e. The third kappa shape index (κ3) is 2.58. The van der Waals surface area contributed by atoms with E-state index in [0.29, 0.717) is 17.5 Å². The smallest absolute Gasteiger partial charge is 0.193 e. The van der Waals surface area contributed by atoms with Gasteiger partial charge < -0.3 is 5.11 Å². The van der Waals surface area contributed by atoms with Crippen LogP contribution in [0.2, 0.25) is 0 Å². The van der Waals surface area contributed by atoms with Gasteiger partial charge in [-0.2, -0.15) is 0 Å². The highest BCUT2D eigenvalue weighted by Gasteiger charge is 2.16. The van der Waals surface area contributed by atoms with Crippen molar-refractivity contribution in [2.24, 2.45) is 0 Å². The second-order valence-electron chi connectivity index (χ2n) is 4.42. The van der Waals surface area contributed by atoms with Crippen molar-refractivity contribution < 1.29 is 9.90 Å². The molecule has 0 amide bonds. The summed E-state index contributed by atoms with van der Waals surface area (Å²) >= 11 is 0. The molecule has 19 heavy (non-hydrogen) atoms. The summed E-state index contributed by atoms with van der Waals surface area (Å²) in [4.78, 5) is 12.5. The molecular weight excluding hydrogens is 236 g/mol. The van der Waals surface area contributed by atoms with Crippen LogP contribution in [0.15, 0.2) is 55.1 Å². The van der Waals surface area contributed by atoms with Gasteiger partial charge in [0, 0.05) is 11.1 Å². The molecule has 2 aromatic rings. The van der Waals surface area contributed by atoms with Crippen LogP contribution in [0.5, 0.6) is 5.75 Å². The maximum Gasteiger partial charge on any atom is 0.193 e. The Bertz CT molecular complexity index is 613. The lowest BCUT2D eigenvalue weighted by Gasteiger charge is -2.12. The van der Waals surface area contributed by atoms with Crippen molar-refractivity contribution in [2.45, 2.75) is 13.3 Å². The van der Waals surface area contributed by atoms with E-state index in [1.807, 2.05) is 25.1 Å². The van der Waals surface area contributed by atoms with E-state index in [1.165, 1.54) is 0 Å². The minimum absolute atomic E-state index is 0.0273. The van der Waals surface area contributed by atoms with Gasteiger partial charge in [0.15, 0.2) is 5.78 Å². The molecule has 0 unspecified atom stereocenters. The highest BCUT2D eigenvalue weighted by atomic mass is 16.3. The molecule has 0 atom stereocenters. The fourth-order valence-electron chi connectivity index (χ4n) is 2.11. The minimum Gasteiger partial charge on any atom is -0.508 e. The van der Waals surface area contributed by atoms with E-state index < -0.39 is 0 Å². The van der Waals surface area contributed by atoms with Gasteiger partial charge in [0.05, 0.1) is 0 Å². The van der Waals surface area contributed by atoms with Crippen molar-refractivity contribution in [3.63, 3.8) is 0 Å². The number of rotatable bonds is 4. The Labute approximate surface area is 113 Å². The summed E-state index contributed by atoms with van der Waals surface area (Å²) in [5.41, 5.74) is 2.85. The van der Waals surface area contributed by atoms with Gasteiger partial charge in [0.25, 0.3) is 0 Å². The summed E-state index contributed by atoms with van der Waals surface area (Å²) < 4.78 is 0. The van der Waals surface area contributed by atoms with Crippen LogP contribution >= 0.6 is 0 Å². The highest BCUT2D eigenvalue weighted by molar-refractivity contribution is 6.10. The third-order valence-electron chi connectivity index (χ3n) is 3.20. The molecule has 0 aliphatic rings. The second-order valence-corrected chi connectivity index (χ2v) is 4.42. The zero-order valence-electron chi connectivity index (χ0n) is 10.9. The van der Waals surface area contributed by atoms with Gasteiger partial charge in [0.1, 0.15) is 5.75 Å². The van der Waals surface area contributed by atoms with Crippen LogP contribution in [0.25, 0.3) is 0 Å². The van der Waals surface area contributed by atoms with Crippen LogP contribution < -0.4 is 0 Å². The highest BCUT2D eigenvalue weighted by Crippen LogP contribution is 2.26. The molecule has 2 rings (SSSR count). The van der Waals surface area contributed by atoms with Crippen molar-refractivity contribution in [1.29, 1.82) is 0 Å². The average Bonchev–Trinajstić information content (AvgIpc) is 2.44. The summed E-state index contributed by atoms with van der Waals surface area (Å²) in [6.45, 7) is 5.52. The van der Waals surface area contributed by atoms with E-state index in [2.05, 4.69) is 6.58 Å². The molecule has 0 spiro atoms. The van der Waals surface area contributed by atoms with Crippen LogP contribution in [-0.4, -0.2) is 10.9 Å². The summed E-state index contributed by atoms with van der Waals surface area (Å²) in [6.07, 6.45) is 2.30. The number of phenolic OH excluding ortho intramolecular Hbond substituents is 1. The predicted molar refractivity (Wildman–Crippen MR) is 76.6 cm³/mol. The minimum atomic E-state index is -0.0273. The lowest BCUT2D eigenvalue weighted by Crippen LogP contribution is -2.06. The van der Waals surface area contributed by atoms with Gasteiger partial charge in [-0.15, -0.1) is 6.58 Å². The number of phenols is 1. The summed E-state index contributed by atoms with van der Waals surface area (Å²) in [5.74, 6) is 0.182. The second kappa shape index (κ2) is 5.53. The van der Waals surface area contributed by atoms with E-state index >= 15 is 0 Å². The Balaban J connectivity index is 2.53. The first-order chi connectivity index (χ1) is 9.15. The van der Waals surface area contributed by atoms with Gasteiger partial charge in [0.2, 0.25) is 0 Å². The number of allylic oxidation sites excluding steroid dienone is 1. The molecule has 0 bridgehead atoms. The topological polar surface area (TPSA) is 37.3 Å². The van der Waals surface area contributed by atoms with Gasteiger partial charge >= 0.3 is 0 Å². The van der Waals surface area contributed by atoms with E-state index in [-0.39, 0.29) is 11.5 Å². The number of ketones is 1. The van der Waals surface area contributed by atoms with Crippen LogP contribution in [-0.2, 0) is 6.42 Å². The first-order valence-corrected chi connectivity index (χ1v) is 6.17. The van der Waals surface area contributed by atoms with E-state index in [0.717, 1.165) is 11.1 Å². The molecule has 0 saturated carbocycles. The van der Waals surface area contributed by atoms with Gasteiger partial charge in [-0.3, -0.25) is 4.79 Å². The van der Waals surface area contributed by atoms with Crippen molar-refractivity contribution in [3.8, 4) is 5.75 Å². The SMILES string of the molecule is C=CCc1c(C(=O)c2ccccc2)ccc(O)c1C. The average molecular weight is 252 g/mol. The van der Waals surface area contributed by atoms with Crippen LogP contribution in [0.3, 0.4) is 0 Å². The fourth-order valence-corrected chi connectivity index (χ4v) is 2.11. The van der Waals surface area contributed by atoms with Crippen LogP contribution in [0, 0.1) is 6.92 Å². The van der Waals surface area contributed by atoms with Crippen molar-refractivity contribution in [3.05, 3.63) is 77.4 Å². The fraction of sp³-hybridized carbons (Fsp3) is 0.118. The third-order valence-corrected chi connectivity index (χ3v) is 3.20. The predicted octanol–water partition coefficient (Wildman–Crippen LogP) is 3.66. The Morgan fingerprint density at radius 2 is 1.89 bits per heavy atom. The molecular formula is C17H16O2. The quantitative estimate of drug-likeness (QED) is 0.666. The molecule has 0 radical (unpaired) electrons. The maximum atomic E-state index is 12.5. The molecule has 0 aliphatic carbocycles. The monoisotopic (exact) mass is 252 g/mol. The molecule has 0 saturated heterocycles. The normalized spacial score (nSPS) is 10.2. The standard InChI is InChI=1S/C17H16O2/c1-3-7-14-12(2)16(18)11-10-15(14)17(19)13-8-5-4-6-9-13/h3-6,8-11,18H,1,7H2,2H3. The van der Waals surface area contributed by atoms with E-state index in [1.54, 1.807) is 30.3 Å². The number of hydrogen-bond acceptors (Lipinski definition) is 2. The van der Waals surface area contributed by atoms with Crippen molar-refractivity contribution in [1.82, 2.24) is 0 Å². The Hall–Kier alpha value is -2.35. The molecule has 96 valence electrons. The number of hydrogen-bond donors (Lipinski definition) is 1. The Kier molecular flexibility index (Phi) is 3.81. The molecule has 2 nitrogen and oxygen atoms in total. The number of aromatic hydroxyl groups is 1. The Morgan fingerprint density at radius 3 is 2.53 bits per heavy atom. The van der Waals surface area contributed by atoms with Gasteiger partial charge in [-0.05, 0) is 36.6 Å². The van der Waals surface area contributed by atoms with Crippen molar-refractivity contribution >= 4 is 5.78 Å². The lowest BCUT2D eigenvalue weighted by molar-refractivity contribution is 0.103. The van der Waals surface area contributed by atoms with Crippen molar-refractivity contribution in [2.75, 3.05) is 0 Å². The van der Waals surface area contributed by atoms with Crippen LogP contribution in [0.4, 0.5) is 0 Å². The molecule has 0 aromatic heterocycles. The summed E-state index contributed by atoms with van der Waals surface area (Å²) in [5, 5.41) is 9.76. The molecule has 2 aromatic carbocycles. The van der Waals surface area contributed by atoms with E-state index in [9.17, 15) is 9.90 Å². The molecule has 1 N–H and O–H groups in total. The van der Waals surface area contributed by atoms with Gasteiger partial charge in [-0.25, -0.2) is 0 Å². The Morgan fingerprint density at radius 1 is 1.21 bits per heavy atom. The zero-order chi connectivity index (χ0) is 13.8. The maximum absolute atomic E-state index is 12.5. The number of carbonyl (C=O) groups excluding carboxylic acids is 1.